The highest BCUT2D eigenvalue weighted by Crippen LogP contribution is 2.32. The van der Waals surface area contributed by atoms with Gasteiger partial charge in [-0.25, -0.2) is 22.8 Å². The maximum absolute atomic E-state index is 15.0. The smallest absolute Gasteiger partial charge is 0.237 e. The quantitative estimate of drug-likeness (QED) is 0.389. The van der Waals surface area contributed by atoms with Crippen LogP contribution in [-0.2, 0) is 25.2 Å². The number of methoxy groups -OCH3 is 1. The van der Waals surface area contributed by atoms with E-state index in [1.54, 1.807) is 24.8 Å². The number of aromatic nitrogens is 3. The van der Waals surface area contributed by atoms with E-state index in [1.165, 1.54) is 18.3 Å². The molecule has 1 aliphatic rings. The molecule has 0 aliphatic heterocycles. The van der Waals surface area contributed by atoms with Gasteiger partial charge in [0.15, 0.2) is 5.13 Å². The molecule has 1 amide bonds. The Kier molecular flexibility index (Phi) is 7.39. The van der Waals surface area contributed by atoms with Crippen molar-refractivity contribution in [2.24, 2.45) is 0 Å². The van der Waals surface area contributed by atoms with Crippen molar-refractivity contribution < 1.29 is 22.3 Å². The normalized spacial score (nSPS) is 14.9. The Bertz CT molecular complexity index is 1370. The molecule has 1 fully saturated rings. The fourth-order valence-electron chi connectivity index (χ4n) is 3.50. The molecule has 192 valence electrons. The molecule has 1 aliphatic carbocycles. The van der Waals surface area contributed by atoms with Gasteiger partial charge in [-0.05, 0) is 45.2 Å². The zero-order valence-corrected chi connectivity index (χ0v) is 22.0. The Morgan fingerprint density at radius 1 is 1.28 bits per heavy atom. The molecule has 2 heterocycles. The van der Waals surface area contributed by atoms with Crippen LogP contribution in [0.1, 0.15) is 57.3 Å². The summed E-state index contributed by atoms with van der Waals surface area (Å²) in [5.74, 6) is -1.72. The molecule has 3 aromatic rings. The first kappa shape index (κ1) is 26.1. The van der Waals surface area contributed by atoms with Crippen molar-refractivity contribution in [1.82, 2.24) is 15.0 Å². The number of anilines is 2. The van der Waals surface area contributed by atoms with Gasteiger partial charge in [-0.15, -0.1) is 11.3 Å². The highest BCUT2D eigenvalue weighted by Gasteiger charge is 2.36. The van der Waals surface area contributed by atoms with Crippen molar-refractivity contribution in [3.63, 3.8) is 0 Å². The summed E-state index contributed by atoms with van der Waals surface area (Å²) >= 11 is 1.12. The number of rotatable bonds is 10. The molecule has 2 N–H and O–H groups in total. The lowest BCUT2D eigenvalue weighted by atomic mass is 10.0. The summed E-state index contributed by atoms with van der Waals surface area (Å²) in [4.78, 5) is 26.0. The molecule has 36 heavy (non-hydrogen) atoms. The predicted molar refractivity (Wildman–Crippen MR) is 137 cm³/mol. The van der Waals surface area contributed by atoms with Gasteiger partial charge < -0.3 is 10.1 Å². The molecule has 1 unspecified atom stereocenters. The number of benzene rings is 1. The van der Waals surface area contributed by atoms with Crippen LogP contribution in [0.2, 0.25) is 0 Å². The summed E-state index contributed by atoms with van der Waals surface area (Å²) in [6.07, 6.45) is 4.82. The summed E-state index contributed by atoms with van der Waals surface area (Å²) < 4.78 is 47.2. The van der Waals surface area contributed by atoms with Gasteiger partial charge >= 0.3 is 0 Å². The van der Waals surface area contributed by atoms with Crippen LogP contribution in [0.4, 0.5) is 15.2 Å². The molecule has 0 saturated heterocycles. The van der Waals surface area contributed by atoms with Crippen molar-refractivity contribution in [3.8, 4) is 11.3 Å². The number of hydrogen-bond acceptors (Lipinski definition) is 8. The zero-order chi connectivity index (χ0) is 26.1. The maximum Gasteiger partial charge on any atom is 0.237 e. The molecule has 0 bridgehead atoms. The number of ether oxygens (including phenoxy) is 1. The fraction of sp³-hybridized carbons (Fsp3) is 0.417. The number of nitrogens with one attached hydrogen (secondary N) is 2. The van der Waals surface area contributed by atoms with Crippen molar-refractivity contribution >= 4 is 38.1 Å². The Morgan fingerprint density at radius 2 is 2.03 bits per heavy atom. The third-order valence-corrected chi connectivity index (χ3v) is 8.81. The Balaban J connectivity index is 1.48. The maximum atomic E-state index is 15.0. The first-order valence-electron chi connectivity index (χ1n) is 11.5. The van der Waals surface area contributed by atoms with Crippen LogP contribution in [0.3, 0.4) is 0 Å². The largest absolute Gasteiger partial charge is 0.372 e. The van der Waals surface area contributed by atoms with Gasteiger partial charge in [0.1, 0.15) is 11.4 Å². The molecule has 1 atom stereocenters. The predicted octanol–water partition coefficient (Wildman–Crippen LogP) is 4.66. The van der Waals surface area contributed by atoms with Crippen LogP contribution in [0.15, 0.2) is 36.0 Å². The number of hydrogen-bond donors (Lipinski definition) is 2. The molecule has 12 heteroatoms. The molecule has 4 rings (SSSR count). The minimum Gasteiger partial charge on any atom is -0.372 e. The molecular formula is C24H28FN5O4S2. The van der Waals surface area contributed by atoms with Crippen LogP contribution in [0.5, 0.6) is 0 Å². The Hall–Kier alpha value is -2.96. The number of thiazole rings is 1. The van der Waals surface area contributed by atoms with Crippen LogP contribution < -0.4 is 10.0 Å². The van der Waals surface area contributed by atoms with Crippen LogP contribution in [-0.4, -0.2) is 41.6 Å². The fourth-order valence-corrected chi connectivity index (χ4v) is 5.86. The van der Waals surface area contributed by atoms with Gasteiger partial charge in [0, 0.05) is 18.1 Å². The third kappa shape index (κ3) is 5.71. The van der Waals surface area contributed by atoms with E-state index in [0.29, 0.717) is 41.9 Å². The molecular weight excluding hydrogens is 505 g/mol. The second-order valence-corrected chi connectivity index (χ2v) is 11.9. The SMILES string of the molecule is CCC(C(=O)Nc1ccc(-c2cncc(C(C)(C)OC)n2)cc1F)c1csc(NS(=O)(=O)C2CC2)n1. The van der Waals surface area contributed by atoms with E-state index >= 15 is 0 Å². The van der Waals surface area contributed by atoms with Gasteiger partial charge in [-0.3, -0.25) is 14.5 Å². The number of amides is 1. The zero-order valence-electron chi connectivity index (χ0n) is 20.4. The van der Waals surface area contributed by atoms with E-state index < -0.39 is 33.3 Å². The lowest BCUT2D eigenvalue weighted by molar-refractivity contribution is -0.117. The topological polar surface area (TPSA) is 123 Å². The Labute approximate surface area is 213 Å². The number of carbonyl (C=O) groups is 1. The average molecular weight is 534 g/mol. The second-order valence-electron chi connectivity index (χ2n) is 9.07. The van der Waals surface area contributed by atoms with Gasteiger partial charge in [0.05, 0.1) is 46.3 Å². The van der Waals surface area contributed by atoms with E-state index in [4.69, 9.17) is 4.74 Å². The number of carbonyl (C=O) groups excluding carboxylic acids is 1. The molecule has 1 saturated carbocycles. The minimum absolute atomic E-state index is 0.0217. The number of halogens is 1. The summed E-state index contributed by atoms with van der Waals surface area (Å²) in [6, 6.07) is 4.42. The van der Waals surface area contributed by atoms with Crippen molar-refractivity contribution in [2.45, 2.75) is 56.8 Å². The summed E-state index contributed by atoms with van der Waals surface area (Å²) in [5.41, 5.74) is 1.38. The molecule has 1 aromatic carbocycles. The summed E-state index contributed by atoms with van der Waals surface area (Å²) in [5, 5.41) is 4.12. The van der Waals surface area contributed by atoms with Crippen molar-refractivity contribution in [3.05, 3.63) is 53.2 Å². The number of sulfonamides is 1. The molecule has 0 radical (unpaired) electrons. The van der Waals surface area contributed by atoms with Crippen LogP contribution >= 0.6 is 11.3 Å². The molecule has 0 spiro atoms. The van der Waals surface area contributed by atoms with Gasteiger partial charge in [0.25, 0.3) is 0 Å². The minimum atomic E-state index is -3.44. The van der Waals surface area contributed by atoms with Gasteiger partial charge in [-0.2, -0.15) is 0 Å². The lowest BCUT2D eigenvalue weighted by Gasteiger charge is -2.22. The lowest BCUT2D eigenvalue weighted by Crippen LogP contribution is -2.22. The van der Waals surface area contributed by atoms with E-state index in [9.17, 15) is 17.6 Å². The molecule has 2 aromatic heterocycles. The monoisotopic (exact) mass is 533 g/mol. The standard InChI is InChI=1S/C24H28FN5O4S2/c1-5-16(20-13-35-23(29-20)30-36(32,33)15-7-8-15)22(31)28-18-9-6-14(10-17(18)25)19-11-26-12-21(27-19)24(2,3)34-4/h6,9-13,15-16H,5,7-8H2,1-4H3,(H,28,31)(H,29,30). The van der Waals surface area contributed by atoms with E-state index in [-0.39, 0.29) is 16.1 Å². The third-order valence-electron chi connectivity index (χ3n) is 6.08. The van der Waals surface area contributed by atoms with Crippen LogP contribution in [0, 0.1) is 5.82 Å². The average Bonchev–Trinajstić information content (AvgIpc) is 3.63. The first-order valence-corrected chi connectivity index (χ1v) is 13.9. The Morgan fingerprint density at radius 3 is 2.67 bits per heavy atom. The highest BCUT2D eigenvalue weighted by molar-refractivity contribution is 7.93. The van der Waals surface area contributed by atoms with Crippen LogP contribution in [0.25, 0.3) is 11.3 Å². The summed E-state index contributed by atoms with van der Waals surface area (Å²) in [6.45, 7) is 5.53. The van der Waals surface area contributed by atoms with Crippen molar-refractivity contribution in [1.29, 1.82) is 0 Å². The first-order chi connectivity index (χ1) is 17.0. The van der Waals surface area contributed by atoms with E-state index in [2.05, 4.69) is 25.0 Å². The molecule has 9 nitrogen and oxygen atoms in total. The van der Waals surface area contributed by atoms with Gasteiger partial charge in [-0.1, -0.05) is 13.0 Å². The second kappa shape index (κ2) is 10.2. The van der Waals surface area contributed by atoms with E-state index in [0.717, 1.165) is 11.3 Å². The summed E-state index contributed by atoms with van der Waals surface area (Å²) in [7, 11) is -1.86. The van der Waals surface area contributed by atoms with E-state index in [1.807, 2.05) is 20.8 Å². The van der Waals surface area contributed by atoms with Gasteiger partial charge in [0.2, 0.25) is 15.9 Å². The highest BCUT2D eigenvalue weighted by atomic mass is 32.2. The number of nitrogens with zero attached hydrogens (tertiary/aromatic N) is 3. The van der Waals surface area contributed by atoms with Crippen molar-refractivity contribution in [2.75, 3.05) is 17.1 Å².